The monoisotopic (exact) mass is 283 g/mol. The Bertz CT molecular complexity index is 623. The highest BCUT2D eigenvalue weighted by molar-refractivity contribution is 7.89. The molecule has 1 aliphatic rings. The number of sulfonamides is 1. The number of amides is 1. The van der Waals surface area contributed by atoms with Crippen LogP contribution in [0.2, 0.25) is 0 Å². The predicted octanol–water partition coefficient (Wildman–Crippen LogP) is -1.15. The van der Waals surface area contributed by atoms with E-state index >= 15 is 0 Å². The minimum absolute atomic E-state index is 0.000514. The average molecular weight is 283 g/mol. The number of carbonyl (C=O) groups excluding carboxylic acids is 1. The van der Waals surface area contributed by atoms with Crippen molar-refractivity contribution in [2.24, 2.45) is 10.9 Å². The number of hydrogen-bond acceptors (Lipinski definition) is 6. The third-order valence-corrected chi connectivity index (χ3v) is 3.38. The molecule has 0 fully saturated rings. The van der Waals surface area contributed by atoms with Crippen molar-refractivity contribution in [2.45, 2.75) is 4.90 Å². The van der Waals surface area contributed by atoms with E-state index in [1.54, 1.807) is 0 Å². The van der Waals surface area contributed by atoms with E-state index in [1.165, 1.54) is 35.5 Å². The van der Waals surface area contributed by atoms with Gasteiger partial charge in [-0.25, -0.2) is 18.6 Å². The number of benzene rings is 1. The second-order valence-electron chi connectivity index (χ2n) is 3.88. The molecule has 1 aliphatic heterocycles. The molecule has 0 saturated heterocycles. The van der Waals surface area contributed by atoms with E-state index in [9.17, 15) is 13.2 Å². The largest absolute Gasteiger partial charge is 0.393 e. The van der Waals surface area contributed by atoms with Crippen LogP contribution in [0.3, 0.4) is 0 Å². The Balaban J connectivity index is 2.13. The molecule has 9 heteroatoms. The standard InChI is InChI=1S/C10H13N5O3S/c11-9-5-13-6-15(10(9)16)14-7-1-3-8(4-2-7)19(12,17)18/h1-5,13-14H,6,11H2,(H2,12,17,18). The maximum Gasteiger partial charge on any atom is 0.291 e. The Kier molecular flexibility index (Phi) is 3.32. The van der Waals surface area contributed by atoms with Crippen LogP contribution in [0, 0.1) is 0 Å². The summed E-state index contributed by atoms with van der Waals surface area (Å²) in [6.45, 7) is 0.247. The first-order valence-electron chi connectivity index (χ1n) is 5.28. The van der Waals surface area contributed by atoms with Gasteiger partial charge in [0.25, 0.3) is 5.91 Å². The Labute approximate surface area is 110 Å². The smallest absolute Gasteiger partial charge is 0.291 e. The second kappa shape index (κ2) is 4.78. The van der Waals surface area contributed by atoms with Crippen LogP contribution in [0.15, 0.2) is 41.1 Å². The maximum absolute atomic E-state index is 11.7. The summed E-state index contributed by atoms with van der Waals surface area (Å²) in [5.41, 5.74) is 8.90. The van der Waals surface area contributed by atoms with Gasteiger partial charge in [-0.2, -0.15) is 0 Å². The molecule has 6 N–H and O–H groups in total. The molecule has 2 rings (SSSR count). The van der Waals surface area contributed by atoms with Crippen molar-refractivity contribution in [3.63, 3.8) is 0 Å². The SMILES string of the molecule is NC1=CNCN(Nc2ccc(S(N)(=O)=O)cc2)C1=O. The van der Waals surface area contributed by atoms with Gasteiger partial charge in [-0.15, -0.1) is 0 Å². The Hall–Kier alpha value is -2.26. The molecule has 1 aromatic carbocycles. The van der Waals surface area contributed by atoms with E-state index in [2.05, 4.69) is 10.7 Å². The molecule has 0 spiro atoms. The normalized spacial score (nSPS) is 15.7. The number of rotatable bonds is 3. The highest BCUT2D eigenvalue weighted by atomic mass is 32.2. The highest BCUT2D eigenvalue weighted by Crippen LogP contribution is 2.14. The summed E-state index contributed by atoms with van der Waals surface area (Å²) >= 11 is 0. The fourth-order valence-corrected chi connectivity index (χ4v) is 2.02. The molecule has 8 nitrogen and oxygen atoms in total. The van der Waals surface area contributed by atoms with Crippen LogP contribution in [0.1, 0.15) is 0 Å². The summed E-state index contributed by atoms with van der Waals surface area (Å²) in [5, 5.41) is 9.06. The molecule has 0 bridgehead atoms. The molecule has 0 atom stereocenters. The Morgan fingerprint density at radius 2 is 1.89 bits per heavy atom. The molecule has 102 valence electrons. The van der Waals surface area contributed by atoms with Crippen molar-refractivity contribution in [2.75, 3.05) is 12.1 Å². The molecule has 0 unspecified atom stereocenters. The van der Waals surface area contributed by atoms with E-state index < -0.39 is 10.0 Å². The summed E-state index contributed by atoms with van der Waals surface area (Å²) in [6.07, 6.45) is 1.42. The van der Waals surface area contributed by atoms with Gasteiger partial charge in [-0.3, -0.25) is 10.2 Å². The quantitative estimate of drug-likeness (QED) is 0.554. The number of hydrazine groups is 1. The highest BCUT2D eigenvalue weighted by Gasteiger charge is 2.19. The van der Waals surface area contributed by atoms with Crippen LogP contribution < -0.4 is 21.6 Å². The van der Waals surface area contributed by atoms with Crippen LogP contribution in [0.5, 0.6) is 0 Å². The summed E-state index contributed by atoms with van der Waals surface area (Å²) in [7, 11) is -3.72. The number of primary sulfonamides is 1. The van der Waals surface area contributed by atoms with Crippen LogP contribution >= 0.6 is 0 Å². The van der Waals surface area contributed by atoms with E-state index in [0.29, 0.717) is 5.69 Å². The summed E-state index contributed by atoms with van der Waals surface area (Å²) in [6, 6.07) is 5.69. The van der Waals surface area contributed by atoms with Gasteiger partial charge < -0.3 is 11.1 Å². The average Bonchev–Trinajstić information content (AvgIpc) is 2.35. The molecule has 0 aliphatic carbocycles. The van der Waals surface area contributed by atoms with E-state index in [4.69, 9.17) is 10.9 Å². The second-order valence-corrected chi connectivity index (χ2v) is 5.44. The molecular formula is C10H13N5O3S. The zero-order valence-corrected chi connectivity index (χ0v) is 10.6. The molecule has 0 aromatic heterocycles. The van der Waals surface area contributed by atoms with Crippen molar-refractivity contribution < 1.29 is 13.2 Å². The third kappa shape index (κ3) is 2.95. The van der Waals surface area contributed by atoms with Crippen molar-refractivity contribution in [3.05, 3.63) is 36.2 Å². The van der Waals surface area contributed by atoms with Gasteiger partial charge in [0.2, 0.25) is 10.0 Å². The Morgan fingerprint density at radius 3 is 2.47 bits per heavy atom. The summed E-state index contributed by atoms with van der Waals surface area (Å²) < 4.78 is 22.2. The van der Waals surface area contributed by atoms with Crippen LogP contribution in [0.4, 0.5) is 5.69 Å². The van der Waals surface area contributed by atoms with Gasteiger partial charge in [-0.1, -0.05) is 0 Å². The lowest BCUT2D eigenvalue weighted by Gasteiger charge is -2.27. The summed E-state index contributed by atoms with van der Waals surface area (Å²) in [4.78, 5) is 11.7. The van der Waals surface area contributed by atoms with Gasteiger partial charge in [0, 0.05) is 6.20 Å². The van der Waals surface area contributed by atoms with E-state index in [-0.39, 0.29) is 23.2 Å². The lowest BCUT2D eigenvalue weighted by molar-refractivity contribution is -0.126. The van der Waals surface area contributed by atoms with Gasteiger partial charge in [0.15, 0.2) is 0 Å². The number of anilines is 1. The zero-order chi connectivity index (χ0) is 14.0. The molecule has 1 heterocycles. The lowest BCUT2D eigenvalue weighted by atomic mass is 10.3. The number of nitrogens with one attached hydrogen (secondary N) is 2. The van der Waals surface area contributed by atoms with Crippen molar-refractivity contribution >= 4 is 21.6 Å². The van der Waals surface area contributed by atoms with E-state index in [0.717, 1.165) is 0 Å². The van der Waals surface area contributed by atoms with Crippen molar-refractivity contribution in [1.29, 1.82) is 0 Å². The molecule has 0 radical (unpaired) electrons. The third-order valence-electron chi connectivity index (χ3n) is 2.45. The van der Waals surface area contributed by atoms with Gasteiger partial charge >= 0.3 is 0 Å². The number of nitrogens with two attached hydrogens (primary N) is 2. The van der Waals surface area contributed by atoms with Crippen molar-refractivity contribution in [3.8, 4) is 0 Å². The molecule has 1 aromatic rings. The minimum atomic E-state index is -3.72. The van der Waals surface area contributed by atoms with Gasteiger partial charge in [-0.05, 0) is 24.3 Å². The first-order chi connectivity index (χ1) is 8.88. The molecular weight excluding hydrogens is 270 g/mol. The summed E-state index contributed by atoms with van der Waals surface area (Å²) in [5.74, 6) is -0.366. The van der Waals surface area contributed by atoms with Crippen LogP contribution in [-0.4, -0.2) is 26.0 Å². The van der Waals surface area contributed by atoms with Gasteiger partial charge in [0.1, 0.15) is 12.4 Å². The fourth-order valence-electron chi connectivity index (χ4n) is 1.50. The van der Waals surface area contributed by atoms with Gasteiger partial charge in [0.05, 0.1) is 10.6 Å². The van der Waals surface area contributed by atoms with Crippen molar-refractivity contribution in [1.82, 2.24) is 10.3 Å². The molecule has 1 amide bonds. The molecule has 0 saturated carbocycles. The lowest BCUT2D eigenvalue weighted by Crippen LogP contribution is -2.47. The fraction of sp³-hybridized carbons (Fsp3) is 0.100. The first kappa shape index (κ1) is 13.2. The van der Waals surface area contributed by atoms with Crippen LogP contribution in [0.25, 0.3) is 0 Å². The molecule has 19 heavy (non-hydrogen) atoms. The van der Waals surface area contributed by atoms with E-state index in [1.807, 2.05) is 0 Å². The number of nitrogens with zero attached hydrogens (tertiary/aromatic N) is 1. The predicted molar refractivity (Wildman–Crippen MR) is 68.6 cm³/mol. The maximum atomic E-state index is 11.7. The minimum Gasteiger partial charge on any atom is -0.393 e. The topological polar surface area (TPSA) is 131 Å². The number of carbonyl (C=O) groups is 1. The first-order valence-corrected chi connectivity index (χ1v) is 6.83. The van der Waals surface area contributed by atoms with Crippen LogP contribution in [-0.2, 0) is 14.8 Å². The Morgan fingerprint density at radius 1 is 1.26 bits per heavy atom. The number of hydrogen-bond donors (Lipinski definition) is 4. The zero-order valence-electron chi connectivity index (χ0n) is 9.83.